The van der Waals surface area contributed by atoms with E-state index < -0.39 is 29.0 Å². The molecule has 4 nitrogen and oxygen atoms in total. The average Bonchev–Trinajstić information content (AvgIpc) is 2.85. The lowest BCUT2D eigenvalue weighted by atomic mass is 10.0. The highest BCUT2D eigenvalue weighted by molar-refractivity contribution is 6.33. The first-order valence-electron chi connectivity index (χ1n) is 7.54. The van der Waals surface area contributed by atoms with Crippen molar-refractivity contribution in [2.45, 2.75) is 6.92 Å². The first kappa shape index (κ1) is 18.0. The minimum atomic E-state index is -0.902. The Kier molecular flexibility index (Phi) is 4.73. The predicted octanol–water partition coefficient (Wildman–Crippen LogP) is 4.72. The Morgan fingerprint density at radius 1 is 1.15 bits per heavy atom. The van der Waals surface area contributed by atoms with Crippen molar-refractivity contribution in [3.8, 4) is 11.3 Å². The molecule has 0 aliphatic carbocycles. The maximum atomic E-state index is 13.8. The van der Waals surface area contributed by atoms with Gasteiger partial charge in [0.2, 0.25) is 0 Å². The molecule has 2 aromatic carbocycles. The molecular formula is C18H13ClF3N3O. The SMILES string of the molecule is Cc1nn(C)c(-c2ccc(F)cc2Cl)c1C(=O)Nc1c(F)cccc1F. The number of rotatable bonds is 3. The smallest absolute Gasteiger partial charge is 0.259 e. The molecule has 0 aliphatic heterocycles. The summed E-state index contributed by atoms with van der Waals surface area (Å²) in [4.78, 5) is 12.7. The Hall–Kier alpha value is -2.80. The van der Waals surface area contributed by atoms with Crippen LogP contribution in [-0.4, -0.2) is 15.7 Å². The van der Waals surface area contributed by atoms with Crippen molar-refractivity contribution in [3.05, 3.63) is 70.1 Å². The van der Waals surface area contributed by atoms with E-state index in [0.717, 1.165) is 18.2 Å². The number of carbonyl (C=O) groups excluding carboxylic acids is 1. The van der Waals surface area contributed by atoms with Gasteiger partial charge >= 0.3 is 0 Å². The average molecular weight is 380 g/mol. The molecule has 0 aliphatic rings. The number of nitrogens with one attached hydrogen (secondary N) is 1. The van der Waals surface area contributed by atoms with E-state index in [-0.39, 0.29) is 10.6 Å². The van der Waals surface area contributed by atoms with Gasteiger partial charge in [-0.05, 0) is 37.3 Å². The number of hydrogen-bond donors (Lipinski definition) is 1. The fourth-order valence-electron chi connectivity index (χ4n) is 2.71. The van der Waals surface area contributed by atoms with Gasteiger partial charge in [-0.1, -0.05) is 17.7 Å². The van der Waals surface area contributed by atoms with E-state index in [1.165, 1.54) is 22.9 Å². The van der Waals surface area contributed by atoms with Crippen LogP contribution in [0, 0.1) is 24.4 Å². The zero-order valence-electron chi connectivity index (χ0n) is 13.8. The Morgan fingerprint density at radius 2 is 1.81 bits per heavy atom. The maximum absolute atomic E-state index is 13.8. The van der Waals surface area contributed by atoms with Crippen molar-refractivity contribution < 1.29 is 18.0 Å². The number of amides is 1. The third kappa shape index (κ3) is 3.17. The summed E-state index contributed by atoms with van der Waals surface area (Å²) in [5.74, 6) is -3.09. The van der Waals surface area contributed by atoms with E-state index in [0.29, 0.717) is 17.0 Å². The van der Waals surface area contributed by atoms with Crippen LogP contribution in [0.1, 0.15) is 16.1 Å². The third-order valence-corrected chi connectivity index (χ3v) is 4.15. The van der Waals surface area contributed by atoms with Gasteiger partial charge in [0.1, 0.15) is 23.1 Å². The molecule has 134 valence electrons. The van der Waals surface area contributed by atoms with E-state index >= 15 is 0 Å². The molecular weight excluding hydrogens is 367 g/mol. The van der Waals surface area contributed by atoms with Gasteiger partial charge in [-0.15, -0.1) is 0 Å². The Labute approximate surface area is 152 Å². The number of aromatic nitrogens is 2. The molecule has 3 rings (SSSR count). The highest BCUT2D eigenvalue weighted by atomic mass is 35.5. The van der Waals surface area contributed by atoms with Crippen molar-refractivity contribution in [1.29, 1.82) is 0 Å². The van der Waals surface area contributed by atoms with Crippen LogP contribution in [0.3, 0.4) is 0 Å². The standard InChI is InChI=1S/C18H13ClF3N3O/c1-9-15(18(26)23-16-13(21)4-3-5-14(16)22)17(25(2)24-9)11-7-6-10(20)8-12(11)19/h3-8H,1-2H3,(H,23,26). The lowest BCUT2D eigenvalue weighted by Gasteiger charge is -2.11. The highest BCUT2D eigenvalue weighted by Gasteiger charge is 2.24. The second-order valence-electron chi connectivity index (χ2n) is 5.61. The molecule has 1 aromatic heterocycles. The summed E-state index contributed by atoms with van der Waals surface area (Å²) >= 11 is 6.10. The summed E-state index contributed by atoms with van der Waals surface area (Å²) in [5, 5.41) is 6.49. The number of nitrogens with zero attached hydrogens (tertiary/aromatic N) is 2. The number of carbonyl (C=O) groups is 1. The fourth-order valence-corrected chi connectivity index (χ4v) is 2.97. The topological polar surface area (TPSA) is 46.9 Å². The second kappa shape index (κ2) is 6.84. The molecule has 1 N–H and O–H groups in total. The minimum Gasteiger partial charge on any atom is -0.317 e. The van der Waals surface area contributed by atoms with Crippen LogP contribution in [0.2, 0.25) is 5.02 Å². The number of para-hydroxylation sites is 1. The molecule has 1 amide bonds. The molecule has 8 heteroatoms. The third-order valence-electron chi connectivity index (χ3n) is 3.84. The van der Waals surface area contributed by atoms with Gasteiger partial charge in [-0.25, -0.2) is 13.2 Å². The van der Waals surface area contributed by atoms with Crippen molar-refractivity contribution in [2.24, 2.45) is 7.05 Å². The van der Waals surface area contributed by atoms with Crippen LogP contribution >= 0.6 is 11.6 Å². The van der Waals surface area contributed by atoms with E-state index in [1.54, 1.807) is 14.0 Å². The van der Waals surface area contributed by atoms with Crippen LogP contribution in [0.5, 0.6) is 0 Å². The minimum absolute atomic E-state index is 0.0825. The number of halogens is 4. The largest absolute Gasteiger partial charge is 0.317 e. The van der Waals surface area contributed by atoms with Gasteiger partial charge in [-0.2, -0.15) is 5.10 Å². The van der Waals surface area contributed by atoms with E-state index in [2.05, 4.69) is 10.4 Å². The molecule has 0 spiro atoms. The number of benzene rings is 2. The van der Waals surface area contributed by atoms with Gasteiger partial charge in [0.25, 0.3) is 5.91 Å². The molecule has 1 heterocycles. The maximum Gasteiger partial charge on any atom is 0.259 e. The van der Waals surface area contributed by atoms with Crippen LogP contribution in [-0.2, 0) is 7.05 Å². The summed E-state index contributed by atoms with van der Waals surface area (Å²) in [6.07, 6.45) is 0. The lowest BCUT2D eigenvalue weighted by Crippen LogP contribution is -2.16. The zero-order valence-corrected chi connectivity index (χ0v) is 14.5. The van der Waals surface area contributed by atoms with Crippen LogP contribution in [0.15, 0.2) is 36.4 Å². The van der Waals surface area contributed by atoms with Gasteiger partial charge in [0.15, 0.2) is 0 Å². The summed E-state index contributed by atoms with van der Waals surface area (Å²) in [5.41, 5.74) is 0.537. The number of hydrogen-bond acceptors (Lipinski definition) is 2. The van der Waals surface area contributed by atoms with Crippen molar-refractivity contribution in [1.82, 2.24) is 9.78 Å². The number of aryl methyl sites for hydroxylation is 2. The molecule has 0 atom stereocenters. The molecule has 0 fully saturated rings. The molecule has 0 unspecified atom stereocenters. The highest BCUT2D eigenvalue weighted by Crippen LogP contribution is 2.33. The molecule has 3 aromatic rings. The summed E-state index contributed by atoms with van der Waals surface area (Å²) < 4.78 is 42.4. The van der Waals surface area contributed by atoms with Gasteiger partial charge in [0.05, 0.1) is 22.0 Å². The predicted molar refractivity (Wildman–Crippen MR) is 92.7 cm³/mol. The normalized spacial score (nSPS) is 10.8. The van der Waals surface area contributed by atoms with Crippen molar-refractivity contribution >= 4 is 23.2 Å². The Bertz CT molecular complexity index is 997. The molecule has 26 heavy (non-hydrogen) atoms. The van der Waals surface area contributed by atoms with E-state index in [4.69, 9.17) is 11.6 Å². The summed E-state index contributed by atoms with van der Waals surface area (Å²) in [6.45, 7) is 1.58. The fraction of sp³-hybridized carbons (Fsp3) is 0.111. The number of anilines is 1. The summed E-state index contributed by atoms with van der Waals surface area (Å²) in [6, 6.07) is 6.98. The Morgan fingerprint density at radius 3 is 2.42 bits per heavy atom. The van der Waals surface area contributed by atoms with E-state index in [9.17, 15) is 18.0 Å². The molecule has 0 radical (unpaired) electrons. The van der Waals surface area contributed by atoms with Gasteiger partial charge in [-0.3, -0.25) is 9.48 Å². The second-order valence-corrected chi connectivity index (χ2v) is 6.01. The van der Waals surface area contributed by atoms with Crippen LogP contribution in [0.4, 0.5) is 18.9 Å². The van der Waals surface area contributed by atoms with Crippen molar-refractivity contribution in [2.75, 3.05) is 5.32 Å². The van der Waals surface area contributed by atoms with Crippen LogP contribution in [0.25, 0.3) is 11.3 Å². The Balaban J connectivity index is 2.10. The molecule has 0 saturated heterocycles. The van der Waals surface area contributed by atoms with E-state index in [1.807, 2.05) is 0 Å². The first-order valence-corrected chi connectivity index (χ1v) is 7.91. The summed E-state index contributed by atoms with van der Waals surface area (Å²) in [7, 11) is 1.59. The van der Waals surface area contributed by atoms with Crippen molar-refractivity contribution in [3.63, 3.8) is 0 Å². The van der Waals surface area contributed by atoms with Gasteiger partial charge in [0, 0.05) is 12.6 Å². The molecule has 0 bridgehead atoms. The van der Waals surface area contributed by atoms with Crippen LogP contribution < -0.4 is 5.32 Å². The monoisotopic (exact) mass is 379 g/mol. The zero-order chi connectivity index (χ0) is 19.0. The quantitative estimate of drug-likeness (QED) is 0.715. The van der Waals surface area contributed by atoms with Gasteiger partial charge < -0.3 is 5.32 Å². The lowest BCUT2D eigenvalue weighted by molar-refractivity contribution is 0.102. The molecule has 0 saturated carbocycles. The first-order chi connectivity index (χ1) is 12.3.